The molecule has 2 fully saturated rings. The summed E-state index contributed by atoms with van der Waals surface area (Å²) in [4.78, 5) is 2.72. The van der Waals surface area contributed by atoms with Gasteiger partial charge in [-0.1, -0.05) is 31.4 Å². The van der Waals surface area contributed by atoms with E-state index in [1.54, 1.807) is 0 Å². The highest BCUT2D eigenvalue weighted by Gasteiger charge is 2.28. The molecule has 1 heterocycles. The summed E-state index contributed by atoms with van der Waals surface area (Å²) >= 11 is 0. The fourth-order valence-electron chi connectivity index (χ4n) is 4.21. The van der Waals surface area contributed by atoms with Crippen LogP contribution in [0, 0.1) is 5.92 Å². The van der Waals surface area contributed by atoms with Crippen LogP contribution in [0.15, 0.2) is 24.3 Å². The Hall–Kier alpha value is -1.22. The van der Waals surface area contributed by atoms with Crippen molar-refractivity contribution in [3.63, 3.8) is 0 Å². The molecule has 0 spiro atoms. The van der Waals surface area contributed by atoms with Crippen molar-refractivity contribution in [3.05, 3.63) is 24.3 Å². The van der Waals surface area contributed by atoms with Gasteiger partial charge in [-0.25, -0.2) is 0 Å². The highest BCUT2D eigenvalue weighted by Crippen LogP contribution is 2.30. The van der Waals surface area contributed by atoms with Crippen molar-refractivity contribution < 1.29 is 0 Å². The van der Waals surface area contributed by atoms with Gasteiger partial charge in [-0.3, -0.25) is 0 Å². The van der Waals surface area contributed by atoms with Gasteiger partial charge < -0.3 is 16.0 Å². The topological polar surface area (TPSA) is 41.3 Å². The van der Waals surface area contributed by atoms with Gasteiger partial charge in [-0.2, -0.15) is 0 Å². The molecule has 1 atom stereocenters. The molecule has 3 nitrogen and oxygen atoms in total. The molecule has 1 saturated carbocycles. The summed E-state index contributed by atoms with van der Waals surface area (Å²) in [6, 6.07) is 9.45. The molecule has 3 heteroatoms. The van der Waals surface area contributed by atoms with Crippen LogP contribution in [0.25, 0.3) is 0 Å². The van der Waals surface area contributed by atoms with Gasteiger partial charge in [0.15, 0.2) is 0 Å². The average molecular weight is 301 g/mol. The monoisotopic (exact) mass is 301 g/mol. The van der Waals surface area contributed by atoms with Crippen molar-refractivity contribution in [2.45, 2.75) is 64.0 Å². The molecule has 1 aromatic rings. The molecule has 3 N–H and O–H groups in total. The lowest BCUT2D eigenvalue weighted by molar-refractivity contribution is 0.105. The van der Waals surface area contributed by atoms with Gasteiger partial charge >= 0.3 is 0 Å². The van der Waals surface area contributed by atoms with E-state index in [4.69, 9.17) is 5.73 Å². The molecule has 0 bridgehead atoms. The lowest BCUT2D eigenvalue weighted by atomic mass is 9.83. The summed E-state index contributed by atoms with van der Waals surface area (Å²) in [5.41, 5.74) is 8.00. The van der Waals surface area contributed by atoms with E-state index < -0.39 is 0 Å². The highest BCUT2D eigenvalue weighted by molar-refractivity contribution is 5.65. The maximum atomic E-state index is 6.04. The normalized spacial score (nSPS) is 23.3. The lowest BCUT2D eigenvalue weighted by Gasteiger charge is -2.41. The van der Waals surface area contributed by atoms with Gasteiger partial charge in [0, 0.05) is 25.2 Å². The molecule has 1 unspecified atom stereocenters. The number of benzene rings is 1. The molecule has 1 aliphatic carbocycles. The SMILES string of the molecule is CC(C1CCCCC1)N1CCC(Nc2ccccc2N)CC1. The summed E-state index contributed by atoms with van der Waals surface area (Å²) in [5.74, 6) is 0.933. The minimum absolute atomic E-state index is 0.569. The molecular formula is C19H31N3. The third-order valence-electron chi connectivity index (χ3n) is 5.76. The summed E-state index contributed by atoms with van der Waals surface area (Å²) in [5, 5.41) is 3.64. The minimum Gasteiger partial charge on any atom is -0.397 e. The summed E-state index contributed by atoms with van der Waals surface area (Å²) < 4.78 is 0. The molecule has 0 radical (unpaired) electrons. The fourth-order valence-corrected chi connectivity index (χ4v) is 4.21. The summed E-state index contributed by atoms with van der Waals surface area (Å²) in [6.45, 7) is 4.91. The number of nitrogens with two attached hydrogens (primary N) is 1. The number of nitrogens with one attached hydrogen (secondary N) is 1. The number of rotatable bonds is 4. The van der Waals surface area contributed by atoms with Crippen molar-refractivity contribution in [1.82, 2.24) is 4.90 Å². The van der Waals surface area contributed by atoms with Crippen LogP contribution in [-0.2, 0) is 0 Å². The number of hydrogen-bond acceptors (Lipinski definition) is 3. The third kappa shape index (κ3) is 3.75. The Morgan fingerprint density at radius 3 is 2.41 bits per heavy atom. The predicted octanol–water partition coefficient (Wildman–Crippen LogP) is 4.11. The Kier molecular flexibility index (Phi) is 5.24. The Bertz CT molecular complexity index is 460. The first-order chi connectivity index (χ1) is 10.7. The Morgan fingerprint density at radius 1 is 1.05 bits per heavy atom. The number of para-hydroxylation sites is 2. The van der Waals surface area contributed by atoms with Crippen LogP contribution in [0.1, 0.15) is 51.9 Å². The predicted molar refractivity (Wildman–Crippen MR) is 95.1 cm³/mol. The van der Waals surface area contributed by atoms with E-state index in [1.807, 2.05) is 12.1 Å². The second-order valence-electron chi connectivity index (χ2n) is 7.18. The van der Waals surface area contributed by atoms with Gasteiger partial charge in [0.05, 0.1) is 11.4 Å². The molecular weight excluding hydrogens is 270 g/mol. The first-order valence-corrected chi connectivity index (χ1v) is 9.09. The van der Waals surface area contributed by atoms with Crippen LogP contribution >= 0.6 is 0 Å². The fraction of sp³-hybridized carbons (Fsp3) is 0.684. The number of anilines is 2. The van der Waals surface area contributed by atoms with Crippen molar-refractivity contribution in [1.29, 1.82) is 0 Å². The van der Waals surface area contributed by atoms with Crippen molar-refractivity contribution in [3.8, 4) is 0 Å². The molecule has 0 amide bonds. The van der Waals surface area contributed by atoms with Crippen LogP contribution in [0.3, 0.4) is 0 Å². The molecule has 0 aromatic heterocycles. The van der Waals surface area contributed by atoms with Crippen LogP contribution in [0.2, 0.25) is 0 Å². The summed E-state index contributed by atoms with van der Waals surface area (Å²) in [7, 11) is 0. The van der Waals surface area contributed by atoms with E-state index in [9.17, 15) is 0 Å². The van der Waals surface area contributed by atoms with Crippen molar-refractivity contribution in [2.24, 2.45) is 5.92 Å². The number of likely N-dealkylation sites (tertiary alicyclic amines) is 1. The molecule has 1 aromatic carbocycles. The largest absolute Gasteiger partial charge is 0.397 e. The third-order valence-corrected chi connectivity index (χ3v) is 5.76. The first-order valence-electron chi connectivity index (χ1n) is 9.09. The zero-order valence-corrected chi connectivity index (χ0v) is 13.9. The van der Waals surface area contributed by atoms with Gasteiger partial charge in [0.2, 0.25) is 0 Å². The van der Waals surface area contributed by atoms with E-state index in [0.717, 1.165) is 23.3 Å². The zero-order valence-electron chi connectivity index (χ0n) is 13.9. The molecule has 2 aliphatic rings. The maximum Gasteiger partial charge on any atom is 0.0576 e. The van der Waals surface area contributed by atoms with Gasteiger partial charge in [-0.05, 0) is 50.7 Å². The summed E-state index contributed by atoms with van der Waals surface area (Å²) in [6.07, 6.45) is 9.69. The molecule has 122 valence electrons. The molecule has 22 heavy (non-hydrogen) atoms. The van der Waals surface area contributed by atoms with E-state index in [2.05, 4.69) is 29.3 Å². The first kappa shape index (κ1) is 15.7. The second-order valence-corrected chi connectivity index (χ2v) is 7.18. The Labute approximate surface area is 135 Å². The van der Waals surface area contributed by atoms with E-state index in [1.165, 1.54) is 58.0 Å². The smallest absolute Gasteiger partial charge is 0.0576 e. The van der Waals surface area contributed by atoms with E-state index in [0.29, 0.717) is 6.04 Å². The van der Waals surface area contributed by atoms with Crippen LogP contribution in [0.4, 0.5) is 11.4 Å². The quantitative estimate of drug-likeness (QED) is 0.822. The van der Waals surface area contributed by atoms with Gasteiger partial charge in [0.25, 0.3) is 0 Å². The Balaban J connectivity index is 1.48. The second kappa shape index (κ2) is 7.36. The molecule has 1 aliphatic heterocycles. The van der Waals surface area contributed by atoms with Crippen LogP contribution in [-0.4, -0.2) is 30.1 Å². The number of hydrogen-bond donors (Lipinski definition) is 2. The van der Waals surface area contributed by atoms with Gasteiger partial charge in [0.1, 0.15) is 0 Å². The minimum atomic E-state index is 0.569. The highest BCUT2D eigenvalue weighted by atomic mass is 15.2. The molecule has 3 rings (SSSR count). The number of nitrogen functional groups attached to an aromatic ring is 1. The standard InChI is InChI=1S/C19H31N3/c1-15(16-7-3-2-4-8-16)22-13-11-17(12-14-22)21-19-10-6-5-9-18(19)20/h5-6,9-10,15-17,21H,2-4,7-8,11-14,20H2,1H3. The molecule has 1 saturated heterocycles. The lowest BCUT2D eigenvalue weighted by Crippen LogP contribution is -2.46. The number of piperidine rings is 1. The maximum absolute atomic E-state index is 6.04. The van der Waals surface area contributed by atoms with Crippen LogP contribution in [0.5, 0.6) is 0 Å². The number of nitrogens with zero attached hydrogens (tertiary/aromatic N) is 1. The van der Waals surface area contributed by atoms with Crippen molar-refractivity contribution in [2.75, 3.05) is 24.1 Å². The van der Waals surface area contributed by atoms with Gasteiger partial charge in [-0.15, -0.1) is 0 Å². The van der Waals surface area contributed by atoms with E-state index in [-0.39, 0.29) is 0 Å². The zero-order chi connectivity index (χ0) is 15.4. The average Bonchev–Trinajstić information content (AvgIpc) is 2.58. The van der Waals surface area contributed by atoms with Crippen molar-refractivity contribution >= 4 is 11.4 Å². The van der Waals surface area contributed by atoms with Crippen LogP contribution < -0.4 is 11.1 Å². The Morgan fingerprint density at radius 2 is 1.73 bits per heavy atom. The van der Waals surface area contributed by atoms with E-state index >= 15 is 0 Å².